The number of hydrogen-bond acceptors (Lipinski definition) is 7. The maximum absolute atomic E-state index is 12.7. The first-order valence-electron chi connectivity index (χ1n) is 8.76. The summed E-state index contributed by atoms with van der Waals surface area (Å²) in [4.78, 5) is 29.5. The minimum absolute atomic E-state index is 0.131. The number of allylic oxidation sites excluding steroid dienone is 1. The Balaban J connectivity index is 2.22. The third kappa shape index (κ3) is 5.04. The molecule has 2 heterocycles. The van der Waals surface area contributed by atoms with E-state index in [2.05, 4.69) is 32.4 Å². The van der Waals surface area contributed by atoms with Gasteiger partial charge in [-0.05, 0) is 32.0 Å². The fourth-order valence-corrected chi connectivity index (χ4v) is 3.64. The fourth-order valence-electron chi connectivity index (χ4n) is 2.46. The highest BCUT2D eigenvalue weighted by Crippen LogP contribution is 2.31. The van der Waals surface area contributed by atoms with Gasteiger partial charge in [0.25, 0.3) is 0 Å². The Hall–Kier alpha value is -2.53. The minimum Gasteiger partial charge on any atom is -0.450 e. The molecule has 152 valence electrons. The molecule has 9 nitrogen and oxygen atoms in total. The van der Waals surface area contributed by atoms with Crippen LogP contribution in [0.4, 0.5) is 9.93 Å². The molecule has 0 spiro atoms. The van der Waals surface area contributed by atoms with Crippen molar-refractivity contribution in [2.24, 2.45) is 5.92 Å². The molecule has 0 saturated carbocycles. The lowest BCUT2D eigenvalue weighted by Gasteiger charge is -2.20. The first-order valence-corrected chi connectivity index (χ1v) is 9.99. The van der Waals surface area contributed by atoms with Gasteiger partial charge in [0.05, 0.1) is 17.2 Å². The van der Waals surface area contributed by atoms with Crippen molar-refractivity contribution < 1.29 is 14.3 Å². The minimum atomic E-state index is -0.748. The number of nitrogens with one attached hydrogen (secondary N) is 3. The summed E-state index contributed by atoms with van der Waals surface area (Å²) < 4.78 is 7.14. The van der Waals surface area contributed by atoms with E-state index in [4.69, 9.17) is 17.0 Å². The largest absolute Gasteiger partial charge is 0.450 e. The molecule has 0 saturated heterocycles. The number of rotatable bonds is 8. The number of nitrogens with zero attached hydrogens (tertiary/aromatic N) is 3. The van der Waals surface area contributed by atoms with E-state index in [1.807, 2.05) is 20.8 Å². The molecular formula is C17H24N6O3S2. The molecule has 11 heteroatoms. The van der Waals surface area contributed by atoms with Gasteiger partial charge in [-0.2, -0.15) is 5.10 Å². The molecule has 0 radical (unpaired) electrons. The number of amides is 2. The van der Waals surface area contributed by atoms with Crippen LogP contribution in [-0.4, -0.2) is 44.4 Å². The molecule has 2 amide bonds. The average molecular weight is 425 g/mol. The van der Waals surface area contributed by atoms with Gasteiger partial charge in [0.2, 0.25) is 5.91 Å². The molecule has 28 heavy (non-hydrogen) atoms. The Bertz CT molecular complexity index is 914. The highest BCUT2D eigenvalue weighted by Gasteiger charge is 2.26. The number of hydrogen-bond donors (Lipinski definition) is 3. The molecule has 2 rings (SSSR count). The van der Waals surface area contributed by atoms with E-state index in [9.17, 15) is 9.59 Å². The Morgan fingerprint density at radius 2 is 2.18 bits per heavy atom. The van der Waals surface area contributed by atoms with Gasteiger partial charge in [0.1, 0.15) is 6.04 Å². The van der Waals surface area contributed by atoms with Crippen LogP contribution in [0.2, 0.25) is 0 Å². The molecule has 3 N–H and O–H groups in total. The predicted molar refractivity (Wildman–Crippen MR) is 111 cm³/mol. The standard InChI is InChI=1S/C17H24N6O3S2/c1-6-8-23-13(21-22-16(23)27)12-10(5)18-15(28-12)20-14(24)11(9(3)4)19-17(25)26-7-2/h6,9,11H,1,7-8H2,2-5H3,(H,19,25)(H,22,27)(H,18,20,24). The van der Waals surface area contributed by atoms with E-state index < -0.39 is 12.1 Å². The van der Waals surface area contributed by atoms with Crippen LogP contribution in [0, 0.1) is 17.6 Å². The maximum Gasteiger partial charge on any atom is 0.407 e. The van der Waals surface area contributed by atoms with Gasteiger partial charge in [0.15, 0.2) is 15.7 Å². The van der Waals surface area contributed by atoms with E-state index in [0.29, 0.717) is 28.0 Å². The number of thiazole rings is 1. The molecule has 1 unspecified atom stereocenters. The third-order valence-electron chi connectivity index (χ3n) is 3.80. The number of carbonyl (C=O) groups excluding carboxylic acids is 2. The van der Waals surface area contributed by atoms with Gasteiger partial charge in [0, 0.05) is 6.54 Å². The van der Waals surface area contributed by atoms with Crippen molar-refractivity contribution in [2.75, 3.05) is 11.9 Å². The number of ether oxygens (including phenoxy) is 1. The molecule has 0 aliphatic rings. The zero-order chi connectivity index (χ0) is 20.8. The lowest BCUT2D eigenvalue weighted by atomic mass is 10.0. The van der Waals surface area contributed by atoms with Gasteiger partial charge < -0.3 is 15.4 Å². The maximum atomic E-state index is 12.7. The van der Waals surface area contributed by atoms with Gasteiger partial charge in [-0.1, -0.05) is 31.3 Å². The summed E-state index contributed by atoms with van der Waals surface area (Å²) in [6, 6.07) is -0.748. The van der Waals surface area contributed by atoms with Gasteiger partial charge in [-0.25, -0.2) is 9.78 Å². The van der Waals surface area contributed by atoms with Crippen molar-refractivity contribution in [3.05, 3.63) is 23.1 Å². The van der Waals surface area contributed by atoms with E-state index in [1.165, 1.54) is 11.3 Å². The van der Waals surface area contributed by atoms with Crippen LogP contribution in [0.3, 0.4) is 0 Å². The van der Waals surface area contributed by atoms with Crippen molar-refractivity contribution >= 4 is 40.7 Å². The topological polar surface area (TPSA) is 114 Å². The van der Waals surface area contributed by atoms with Gasteiger partial charge in [-0.15, -0.1) is 6.58 Å². The smallest absolute Gasteiger partial charge is 0.407 e. The van der Waals surface area contributed by atoms with Crippen molar-refractivity contribution in [2.45, 2.75) is 40.3 Å². The van der Waals surface area contributed by atoms with Crippen molar-refractivity contribution in [3.8, 4) is 10.7 Å². The van der Waals surface area contributed by atoms with Gasteiger partial charge >= 0.3 is 6.09 Å². The number of carbonyl (C=O) groups is 2. The van der Waals surface area contributed by atoms with E-state index in [0.717, 1.165) is 4.88 Å². The highest BCUT2D eigenvalue weighted by atomic mass is 32.1. The zero-order valence-electron chi connectivity index (χ0n) is 16.2. The number of aryl methyl sites for hydroxylation is 1. The molecule has 0 aliphatic carbocycles. The van der Waals surface area contributed by atoms with Crippen molar-refractivity contribution in [1.82, 2.24) is 25.1 Å². The van der Waals surface area contributed by atoms with Crippen LogP contribution < -0.4 is 10.6 Å². The lowest BCUT2D eigenvalue weighted by molar-refractivity contribution is -0.119. The van der Waals surface area contributed by atoms with Crippen LogP contribution in [0.1, 0.15) is 26.5 Å². The number of anilines is 1. The van der Waals surface area contributed by atoms with E-state index in [1.54, 1.807) is 17.6 Å². The third-order valence-corrected chi connectivity index (χ3v) is 5.18. The average Bonchev–Trinajstić information content (AvgIpc) is 3.15. The molecule has 0 fully saturated rings. The first kappa shape index (κ1) is 21.8. The Morgan fingerprint density at radius 3 is 2.79 bits per heavy atom. The summed E-state index contributed by atoms with van der Waals surface area (Å²) in [6.07, 6.45) is 1.09. The highest BCUT2D eigenvalue weighted by molar-refractivity contribution is 7.71. The number of aromatic amines is 1. The summed E-state index contributed by atoms with van der Waals surface area (Å²) in [5.41, 5.74) is 0.707. The molecule has 2 aromatic rings. The Kier molecular flexibility index (Phi) is 7.46. The zero-order valence-corrected chi connectivity index (χ0v) is 17.9. The normalized spacial score (nSPS) is 11.9. The molecule has 0 bridgehead atoms. The number of aromatic nitrogens is 4. The quantitative estimate of drug-likeness (QED) is 0.443. The molecule has 0 aliphatic heterocycles. The van der Waals surface area contributed by atoms with Crippen molar-refractivity contribution in [1.29, 1.82) is 0 Å². The summed E-state index contributed by atoms with van der Waals surface area (Å²) in [7, 11) is 0. The predicted octanol–water partition coefficient (Wildman–Crippen LogP) is 3.27. The summed E-state index contributed by atoms with van der Waals surface area (Å²) in [6.45, 7) is 11.7. The summed E-state index contributed by atoms with van der Waals surface area (Å²) in [5, 5.41) is 12.8. The van der Waals surface area contributed by atoms with E-state index >= 15 is 0 Å². The Morgan fingerprint density at radius 1 is 1.46 bits per heavy atom. The second kappa shape index (κ2) is 9.60. The lowest BCUT2D eigenvalue weighted by Crippen LogP contribution is -2.47. The Labute approximate surface area is 172 Å². The molecular weight excluding hydrogens is 400 g/mol. The number of alkyl carbamates (subject to hydrolysis) is 1. The van der Waals surface area contributed by atoms with Crippen LogP contribution in [0.15, 0.2) is 12.7 Å². The van der Waals surface area contributed by atoms with Crippen molar-refractivity contribution in [3.63, 3.8) is 0 Å². The fraction of sp³-hybridized carbons (Fsp3) is 0.471. The van der Waals surface area contributed by atoms with Gasteiger partial charge in [-0.3, -0.25) is 14.5 Å². The second-order valence-corrected chi connectivity index (χ2v) is 7.65. The first-order chi connectivity index (χ1) is 13.3. The van der Waals surface area contributed by atoms with Crippen LogP contribution in [0.5, 0.6) is 0 Å². The van der Waals surface area contributed by atoms with Crippen LogP contribution >= 0.6 is 23.6 Å². The SMILES string of the molecule is C=CCn1c(-c2sc(NC(=O)C(NC(=O)OCC)C(C)C)nc2C)n[nH]c1=S. The summed E-state index contributed by atoms with van der Waals surface area (Å²) >= 11 is 6.52. The summed E-state index contributed by atoms with van der Waals surface area (Å²) in [5.74, 6) is 0.132. The number of H-pyrrole nitrogens is 1. The second-order valence-electron chi connectivity index (χ2n) is 6.26. The van der Waals surface area contributed by atoms with Crippen LogP contribution in [-0.2, 0) is 16.1 Å². The molecule has 2 aromatic heterocycles. The van der Waals surface area contributed by atoms with Crippen LogP contribution in [0.25, 0.3) is 10.7 Å². The monoisotopic (exact) mass is 424 g/mol. The molecule has 0 aromatic carbocycles. The van der Waals surface area contributed by atoms with E-state index in [-0.39, 0.29) is 18.4 Å². The molecule has 1 atom stereocenters.